The van der Waals surface area contributed by atoms with E-state index in [1.807, 2.05) is 25.2 Å². The molecule has 0 amide bonds. The highest BCUT2D eigenvalue weighted by Gasteiger charge is 2.51. The Morgan fingerprint density at radius 3 is 2.24 bits per heavy atom. The van der Waals surface area contributed by atoms with Gasteiger partial charge < -0.3 is 5.32 Å². The lowest BCUT2D eigenvalue weighted by Gasteiger charge is -2.28. The molecule has 3 heteroatoms. The Morgan fingerprint density at radius 2 is 1.67 bits per heavy atom. The first kappa shape index (κ1) is 14.2. The quantitative estimate of drug-likeness (QED) is 0.885. The van der Waals surface area contributed by atoms with Crippen LogP contribution < -0.4 is 5.32 Å². The standard InChI is InChI=1S/C18H19F2N/c1-12-8-9-14(16(20)15(12)19)17(21-2)18(10-11-18)13-6-4-3-5-7-13/h3-9,17,21H,10-11H2,1-2H3. The number of hydrogen-bond donors (Lipinski definition) is 1. The lowest BCUT2D eigenvalue weighted by atomic mass is 9.83. The van der Waals surface area contributed by atoms with Crippen molar-refractivity contribution in [3.63, 3.8) is 0 Å². The Bertz CT molecular complexity index is 648. The highest BCUT2D eigenvalue weighted by atomic mass is 19.2. The summed E-state index contributed by atoms with van der Waals surface area (Å²) < 4.78 is 28.3. The van der Waals surface area contributed by atoms with Crippen LogP contribution in [-0.4, -0.2) is 7.05 Å². The summed E-state index contributed by atoms with van der Waals surface area (Å²) >= 11 is 0. The minimum absolute atomic E-state index is 0.126. The Hall–Kier alpha value is -1.74. The number of rotatable bonds is 4. The van der Waals surface area contributed by atoms with E-state index in [9.17, 15) is 8.78 Å². The summed E-state index contributed by atoms with van der Waals surface area (Å²) in [6.07, 6.45) is 1.97. The van der Waals surface area contributed by atoms with Crippen molar-refractivity contribution in [2.75, 3.05) is 7.05 Å². The molecule has 0 spiro atoms. The molecule has 1 saturated carbocycles. The van der Waals surface area contributed by atoms with E-state index in [2.05, 4.69) is 17.4 Å². The molecule has 0 aromatic heterocycles. The van der Waals surface area contributed by atoms with Gasteiger partial charge in [-0.1, -0.05) is 42.5 Å². The summed E-state index contributed by atoms with van der Waals surface area (Å²) in [5, 5.41) is 3.20. The van der Waals surface area contributed by atoms with Crippen molar-refractivity contribution >= 4 is 0 Å². The minimum atomic E-state index is -0.739. The van der Waals surface area contributed by atoms with Gasteiger partial charge in [0.1, 0.15) is 0 Å². The van der Waals surface area contributed by atoms with Crippen LogP contribution in [-0.2, 0) is 5.41 Å². The van der Waals surface area contributed by atoms with Crippen LogP contribution in [0.5, 0.6) is 0 Å². The van der Waals surface area contributed by atoms with Gasteiger partial charge in [0, 0.05) is 17.0 Å². The fourth-order valence-electron chi connectivity index (χ4n) is 3.26. The van der Waals surface area contributed by atoms with Crippen LogP contribution in [0.4, 0.5) is 8.78 Å². The van der Waals surface area contributed by atoms with Crippen LogP contribution in [0.3, 0.4) is 0 Å². The maximum Gasteiger partial charge on any atom is 0.163 e. The summed E-state index contributed by atoms with van der Waals surface area (Å²) in [7, 11) is 1.81. The van der Waals surface area contributed by atoms with Crippen LogP contribution in [0, 0.1) is 18.6 Å². The van der Waals surface area contributed by atoms with Gasteiger partial charge in [-0.25, -0.2) is 8.78 Å². The zero-order chi connectivity index (χ0) is 15.0. The summed E-state index contributed by atoms with van der Waals surface area (Å²) in [5.74, 6) is -1.46. The molecule has 0 bridgehead atoms. The van der Waals surface area contributed by atoms with E-state index in [1.54, 1.807) is 19.1 Å². The molecule has 2 aromatic rings. The van der Waals surface area contributed by atoms with Crippen molar-refractivity contribution < 1.29 is 8.78 Å². The fraction of sp³-hybridized carbons (Fsp3) is 0.333. The number of likely N-dealkylation sites (N-methyl/N-ethyl adjacent to an activating group) is 1. The molecule has 1 N–H and O–H groups in total. The summed E-state index contributed by atoms with van der Waals surface area (Å²) in [5.41, 5.74) is 1.82. The molecule has 1 nitrogen and oxygen atoms in total. The number of aryl methyl sites for hydroxylation is 1. The van der Waals surface area contributed by atoms with E-state index in [-0.39, 0.29) is 11.5 Å². The molecule has 0 heterocycles. The molecule has 21 heavy (non-hydrogen) atoms. The van der Waals surface area contributed by atoms with E-state index in [1.165, 1.54) is 5.56 Å². The molecule has 110 valence electrons. The van der Waals surface area contributed by atoms with Crippen molar-refractivity contribution in [1.82, 2.24) is 5.32 Å². The summed E-state index contributed by atoms with van der Waals surface area (Å²) in [6, 6.07) is 13.2. The molecule has 0 saturated heterocycles. The normalized spacial score (nSPS) is 17.5. The number of nitrogens with one attached hydrogen (secondary N) is 1. The van der Waals surface area contributed by atoms with E-state index in [0.717, 1.165) is 12.8 Å². The Kier molecular flexibility index (Phi) is 3.54. The van der Waals surface area contributed by atoms with Gasteiger partial charge in [-0.05, 0) is 37.9 Å². The van der Waals surface area contributed by atoms with Gasteiger partial charge >= 0.3 is 0 Å². The van der Waals surface area contributed by atoms with Crippen LogP contribution in [0.2, 0.25) is 0 Å². The predicted molar refractivity (Wildman–Crippen MR) is 80.2 cm³/mol. The van der Waals surface area contributed by atoms with Crippen LogP contribution in [0.15, 0.2) is 42.5 Å². The second-order valence-electron chi connectivity index (χ2n) is 5.84. The van der Waals surface area contributed by atoms with Gasteiger partial charge in [0.05, 0.1) is 0 Å². The molecule has 3 rings (SSSR count). The minimum Gasteiger partial charge on any atom is -0.312 e. The molecule has 1 unspecified atom stereocenters. The van der Waals surface area contributed by atoms with Crippen molar-refractivity contribution in [2.45, 2.75) is 31.2 Å². The molecule has 1 atom stereocenters. The van der Waals surface area contributed by atoms with Crippen molar-refractivity contribution in [2.24, 2.45) is 0 Å². The molecule has 0 aliphatic heterocycles. The van der Waals surface area contributed by atoms with Gasteiger partial charge in [0.25, 0.3) is 0 Å². The van der Waals surface area contributed by atoms with Crippen molar-refractivity contribution in [1.29, 1.82) is 0 Å². The maximum atomic E-state index is 14.4. The first-order valence-corrected chi connectivity index (χ1v) is 7.27. The van der Waals surface area contributed by atoms with Crippen LogP contribution in [0.25, 0.3) is 0 Å². The first-order chi connectivity index (χ1) is 10.1. The Labute approximate surface area is 124 Å². The summed E-state index contributed by atoms with van der Waals surface area (Å²) in [6.45, 7) is 1.58. The molecule has 1 aliphatic carbocycles. The van der Waals surface area contributed by atoms with E-state index >= 15 is 0 Å². The molecule has 1 fully saturated rings. The monoisotopic (exact) mass is 287 g/mol. The van der Waals surface area contributed by atoms with E-state index in [4.69, 9.17) is 0 Å². The van der Waals surface area contributed by atoms with E-state index < -0.39 is 11.6 Å². The topological polar surface area (TPSA) is 12.0 Å². The zero-order valence-corrected chi connectivity index (χ0v) is 12.3. The van der Waals surface area contributed by atoms with Gasteiger partial charge in [0.2, 0.25) is 0 Å². The third-order valence-corrected chi connectivity index (χ3v) is 4.59. The van der Waals surface area contributed by atoms with Crippen molar-refractivity contribution in [3.05, 3.63) is 70.8 Å². The largest absolute Gasteiger partial charge is 0.312 e. The molecule has 2 aromatic carbocycles. The van der Waals surface area contributed by atoms with Gasteiger partial charge in [-0.15, -0.1) is 0 Å². The SMILES string of the molecule is CNC(c1ccc(C)c(F)c1F)C1(c2ccccc2)CC1. The fourth-order valence-corrected chi connectivity index (χ4v) is 3.26. The molecular formula is C18H19F2N. The number of benzene rings is 2. The number of hydrogen-bond acceptors (Lipinski definition) is 1. The Balaban J connectivity index is 2.06. The van der Waals surface area contributed by atoms with Crippen LogP contribution >= 0.6 is 0 Å². The third-order valence-electron chi connectivity index (χ3n) is 4.59. The highest BCUT2D eigenvalue weighted by molar-refractivity contribution is 5.40. The highest BCUT2D eigenvalue weighted by Crippen LogP contribution is 2.56. The molecule has 1 aliphatic rings. The second kappa shape index (κ2) is 5.23. The third kappa shape index (κ3) is 2.26. The average molecular weight is 287 g/mol. The molecule has 0 radical (unpaired) electrons. The van der Waals surface area contributed by atoms with Gasteiger partial charge in [0.15, 0.2) is 11.6 Å². The average Bonchev–Trinajstić information content (AvgIpc) is 3.30. The lowest BCUT2D eigenvalue weighted by Crippen LogP contribution is -2.30. The summed E-state index contributed by atoms with van der Waals surface area (Å²) in [4.78, 5) is 0. The Morgan fingerprint density at radius 1 is 1.00 bits per heavy atom. The molecular weight excluding hydrogens is 268 g/mol. The first-order valence-electron chi connectivity index (χ1n) is 7.27. The smallest absolute Gasteiger partial charge is 0.163 e. The lowest BCUT2D eigenvalue weighted by molar-refractivity contribution is 0.421. The van der Waals surface area contributed by atoms with E-state index in [0.29, 0.717) is 11.1 Å². The second-order valence-corrected chi connectivity index (χ2v) is 5.84. The van der Waals surface area contributed by atoms with Crippen molar-refractivity contribution in [3.8, 4) is 0 Å². The number of halogens is 2. The van der Waals surface area contributed by atoms with Gasteiger partial charge in [-0.2, -0.15) is 0 Å². The predicted octanol–water partition coefficient (Wildman–Crippen LogP) is 4.27. The van der Waals surface area contributed by atoms with Gasteiger partial charge in [-0.3, -0.25) is 0 Å². The van der Waals surface area contributed by atoms with Crippen LogP contribution in [0.1, 0.15) is 35.6 Å². The zero-order valence-electron chi connectivity index (χ0n) is 12.3. The maximum absolute atomic E-state index is 14.4.